The first kappa shape index (κ1) is 19.0. The van der Waals surface area contributed by atoms with Crippen LogP contribution >= 0.6 is 11.6 Å². The Labute approximate surface area is 171 Å². The van der Waals surface area contributed by atoms with Gasteiger partial charge in [0.05, 0.1) is 13.1 Å². The van der Waals surface area contributed by atoms with Gasteiger partial charge in [-0.15, -0.1) is 0 Å². The second-order valence-corrected chi connectivity index (χ2v) is 7.71. The van der Waals surface area contributed by atoms with E-state index in [1.165, 1.54) is 22.3 Å². The molecule has 1 amide bonds. The van der Waals surface area contributed by atoms with Gasteiger partial charge in [0, 0.05) is 40.3 Å². The second-order valence-electron chi connectivity index (χ2n) is 7.28. The van der Waals surface area contributed by atoms with Gasteiger partial charge >= 0.3 is 0 Å². The topological polar surface area (TPSA) is 28.5 Å². The number of aromatic nitrogens is 1. The molecule has 0 atom stereocenters. The zero-order valence-electron chi connectivity index (χ0n) is 16.5. The Balaban J connectivity index is 1.76. The Kier molecular flexibility index (Phi) is 5.42. The molecular formula is C23H26ClN3O. The summed E-state index contributed by atoms with van der Waals surface area (Å²) < 4.78 is 2.36. The van der Waals surface area contributed by atoms with Crippen molar-refractivity contribution < 1.29 is 4.79 Å². The molecule has 0 N–H and O–H groups in total. The molecule has 0 aliphatic carbocycles. The molecule has 0 spiro atoms. The Bertz CT molecular complexity index is 992. The van der Waals surface area contributed by atoms with E-state index in [-0.39, 0.29) is 5.91 Å². The molecule has 1 aliphatic rings. The monoisotopic (exact) mass is 395 g/mol. The van der Waals surface area contributed by atoms with Crippen molar-refractivity contribution in [1.82, 2.24) is 14.4 Å². The van der Waals surface area contributed by atoms with Crippen LogP contribution in [-0.2, 0) is 17.9 Å². The Hall–Kier alpha value is -2.30. The van der Waals surface area contributed by atoms with Gasteiger partial charge < -0.3 is 9.47 Å². The summed E-state index contributed by atoms with van der Waals surface area (Å²) in [5.74, 6) is 0.206. The Morgan fingerprint density at radius 2 is 1.82 bits per heavy atom. The van der Waals surface area contributed by atoms with E-state index >= 15 is 0 Å². The number of rotatable bonds is 5. The van der Waals surface area contributed by atoms with Crippen LogP contribution in [0.4, 0.5) is 0 Å². The molecule has 5 heteroatoms. The van der Waals surface area contributed by atoms with Crippen molar-refractivity contribution >= 4 is 28.4 Å². The third-order valence-corrected chi connectivity index (χ3v) is 5.97. The van der Waals surface area contributed by atoms with Gasteiger partial charge in [0.25, 0.3) is 0 Å². The average Bonchev–Trinajstić information content (AvgIpc) is 3.04. The molecule has 0 unspecified atom stereocenters. The molecule has 3 aromatic rings. The highest BCUT2D eigenvalue weighted by atomic mass is 35.5. The lowest BCUT2D eigenvalue weighted by Gasteiger charge is -2.31. The van der Waals surface area contributed by atoms with Gasteiger partial charge in [-0.3, -0.25) is 9.69 Å². The van der Waals surface area contributed by atoms with E-state index in [9.17, 15) is 4.79 Å². The molecule has 4 nitrogen and oxygen atoms in total. The van der Waals surface area contributed by atoms with Gasteiger partial charge in [-0.05, 0) is 36.9 Å². The SMILES string of the molecule is CCN(CC)CC(=O)N1CCn2c(c(-c3ccccc3)c3cc(Cl)ccc32)C1. The van der Waals surface area contributed by atoms with Crippen LogP contribution in [0.1, 0.15) is 19.5 Å². The lowest BCUT2D eigenvalue weighted by Crippen LogP contribution is -2.43. The Morgan fingerprint density at radius 3 is 2.54 bits per heavy atom. The smallest absolute Gasteiger partial charge is 0.237 e. The summed E-state index contributed by atoms with van der Waals surface area (Å²) in [7, 11) is 0. The van der Waals surface area contributed by atoms with Crippen molar-refractivity contribution in [2.45, 2.75) is 26.9 Å². The van der Waals surface area contributed by atoms with Gasteiger partial charge in [-0.1, -0.05) is 55.8 Å². The Morgan fingerprint density at radius 1 is 1.07 bits per heavy atom. The summed E-state index contributed by atoms with van der Waals surface area (Å²) in [6.07, 6.45) is 0. The quantitative estimate of drug-likeness (QED) is 0.629. The number of fused-ring (bicyclic) bond motifs is 3. The number of hydrogen-bond acceptors (Lipinski definition) is 2. The maximum absolute atomic E-state index is 12.9. The fourth-order valence-electron chi connectivity index (χ4n) is 4.16. The molecule has 2 aromatic carbocycles. The number of amides is 1. The van der Waals surface area contributed by atoms with Gasteiger partial charge in [-0.2, -0.15) is 0 Å². The minimum Gasteiger partial charge on any atom is -0.341 e. The van der Waals surface area contributed by atoms with Gasteiger partial charge in [0.2, 0.25) is 5.91 Å². The molecule has 1 aliphatic heterocycles. The van der Waals surface area contributed by atoms with Crippen molar-refractivity contribution in [2.24, 2.45) is 0 Å². The van der Waals surface area contributed by atoms with Crippen LogP contribution < -0.4 is 0 Å². The molecule has 146 valence electrons. The third-order valence-electron chi connectivity index (χ3n) is 5.74. The minimum atomic E-state index is 0.206. The summed E-state index contributed by atoms with van der Waals surface area (Å²) >= 11 is 6.33. The van der Waals surface area contributed by atoms with E-state index < -0.39 is 0 Å². The van der Waals surface area contributed by atoms with Crippen molar-refractivity contribution in [3.63, 3.8) is 0 Å². The van der Waals surface area contributed by atoms with Crippen LogP contribution in [0.15, 0.2) is 48.5 Å². The zero-order chi connectivity index (χ0) is 19.7. The van der Waals surface area contributed by atoms with E-state index in [1.54, 1.807) is 0 Å². The van der Waals surface area contributed by atoms with E-state index in [4.69, 9.17) is 11.6 Å². The minimum absolute atomic E-state index is 0.206. The summed E-state index contributed by atoms with van der Waals surface area (Å²) in [5.41, 5.74) is 4.75. The normalized spacial score (nSPS) is 13.9. The number of benzene rings is 2. The first-order valence-corrected chi connectivity index (χ1v) is 10.4. The molecule has 1 aromatic heterocycles. The highest BCUT2D eigenvalue weighted by Gasteiger charge is 2.27. The van der Waals surface area contributed by atoms with Crippen LogP contribution in [0.2, 0.25) is 5.02 Å². The first-order valence-electron chi connectivity index (χ1n) is 9.98. The van der Waals surface area contributed by atoms with Crippen LogP contribution in [0.3, 0.4) is 0 Å². The predicted molar refractivity (Wildman–Crippen MR) is 116 cm³/mol. The van der Waals surface area contributed by atoms with Crippen LogP contribution in [0.25, 0.3) is 22.0 Å². The molecule has 0 radical (unpaired) electrons. The number of carbonyl (C=O) groups is 1. The molecule has 4 rings (SSSR count). The summed E-state index contributed by atoms with van der Waals surface area (Å²) in [6.45, 7) is 8.66. The van der Waals surface area contributed by atoms with Gasteiger partial charge in [-0.25, -0.2) is 0 Å². The number of likely N-dealkylation sites (N-methyl/N-ethyl adjacent to an activating group) is 1. The van der Waals surface area contributed by atoms with E-state index in [0.29, 0.717) is 13.1 Å². The largest absolute Gasteiger partial charge is 0.341 e. The highest BCUT2D eigenvalue weighted by molar-refractivity contribution is 6.31. The zero-order valence-corrected chi connectivity index (χ0v) is 17.2. The number of halogens is 1. The second kappa shape index (κ2) is 7.98. The number of hydrogen-bond donors (Lipinski definition) is 0. The summed E-state index contributed by atoms with van der Waals surface area (Å²) in [4.78, 5) is 17.1. The van der Waals surface area contributed by atoms with Gasteiger partial charge in [0.1, 0.15) is 0 Å². The van der Waals surface area contributed by atoms with Crippen LogP contribution in [-0.4, -0.2) is 46.5 Å². The highest BCUT2D eigenvalue weighted by Crippen LogP contribution is 2.38. The van der Waals surface area contributed by atoms with Crippen molar-refractivity contribution in [2.75, 3.05) is 26.2 Å². The summed E-state index contributed by atoms with van der Waals surface area (Å²) in [6, 6.07) is 16.5. The molecule has 28 heavy (non-hydrogen) atoms. The number of nitrogens with zero attached hydrogens (tertiary/aromatic N) is 3. The standard InChI is InChI=1S/C23H26ClN3O/c1-3-25(4-2)16-22(28)26-12-13-27-20-11-10-18(24)14-19(20)23(21(27)15-26)17-8-6-5-7-9-17/h5-11,14H,3-4,12-13,15-16H2,1-2H3. The summed E-state index contributed by atoms with van der Waals surface area (Å²) in [5, 5.41) is 1.90. The van der Waals surface area contributed by atoms with E-state index in [1.807, 2.05) is 23.1 Å². The fourth-order valence-corrected chi connectivity index (χ4v) is 4.33. The van der Waals surface area contributed by atoms with E-state index in [0.717, 1.165) is 36.6 Å². The van der Waals surface area contributed by atoms with Crippen LogP contribution in [0.5, 0.6) is 0 Å². The average molecular weight is 396 g/mol. The lowest BCUT2D eigenvalue weighted by molar-refractivity contribution is -0.133. The first-order chi connectivity index (χ1) is 13.6. The van der Waals surface area contributed by atoms with E-state index in [2.05, 4.69) is 53.6 Å². The van der Waals surface area contributed by atoms with Crippen molar-refractivity contribution in [3.8, 4) is 11.1 Å². The maximum Gasteiger partial charge on any atom is 0.237 e. The van der Waals surface area contributed by atoms with Gasteiger partial charge in [0.15, 0.2) is 0 Å². The van der Waals surface area contributed by atoms with Crippen LogP contribution in [0, 0.1) is 0 Å². The van der Waals surface area contributed by atoms with Crippen molar-refractivity contribution in [3.05, 3.63) is 59.2 Å². The molecule has 0 saturated carbocycles. The molecular weight excluding hydrogens is 370 g/mol. The lowest BCUT2D eigenvalue weighted by atomic mass is 10.0. The fraction of sp³-hybridized carbons (Fsp3) is 0.348. The number of carbonyl (C=O) groups excluding carboxylic acids is 1. The molecule has 0 fully saturated rings. The molecule has 2 heterocycles. The molecule has 0 bridgehead atoms. The maximum atomic E-state index is 12.9. The predicted octanol–water partition coefficient (Wildman–Crippen LogP) is 4.65. The van der Waals surface area contributed by atoms with Crippen molar-refractivity contribution in [1.29, 1.82) is 0 Å². The third kappa shape index (κ3) is 3.43. The molecule has 0 saturated heterocycles.